The topological polar surface area (TPSA) is 58.6 Å². The van der Waals surface area contributed by atoms with Crippen molar-refractivity contribution >= 4 is 17.6 Å². The predicted molar refractivity (Wildman–Crippen MR) is 91.9 cm³/mol. The van der Waals surface area contributed by atoms with Gasteiger partial charge in [0.25, 0.3) is 5.91 Å². The lowest BCUT2D eigenvalue weighted by atomic mass is 10.0. The molecule has 0 spiro atoms. The summed E-state index contributed by atoms with van der Waals surface area (Å²) in [7, 11) is 1.36. The van der Waals surface area contributed by atoms with Crippen LogP contribution in [0.4, 0.5) is 5.69 Å². The van der Waals surface area contributed by atoms with Gasteiger partial charge in [-0.2, -0.15) is 0 Å². The van der Waals surface area contributed by atoms with Crippen molar-refractivity contribution in [3.8, 4) is 0 Å². The van der Waals surface area contributed by atoms with Crippen molar-refractivity contribution in [2.45, 2.75) is 19.5 Å². The third kappa shape index (κ3) is 2.85. The van der Waals surface area contributed by atoms with E-state index in [9.17, 15) is 9.59 Å². The van der Waals surface area contributed by atoms with Gasteiger partial charge in [0.05, 0.1) is 18.2 Å². The lowest BCUT2D eigenvalue weighted by Crippen LogP contribution is -2.43. The monoisotopic (exact) mass is 324 g/mol. The van der Waals surface area contributed by atoms with Gasteiger partial charge in [0.2, 0.25) is 0 Å². The number of carbonyl (C=O) groups is 2. The first-order chi connectivity index (χ1) is 11.7. The van der Waals surface area contributed by atoms with E-state index in [-0.39, 0.29) is 18.0 Å². The Balaban J connectivity index is 1.96. The van der Waals surface area contributed by atoms with Crippen LogP contribution in [0.1, 0.15) is 45.8 Å². The van der Waals surface area contributed by atoms with Gasteiger partial charge in [-0.15, -0.1) is 0 Å². The van der Waals surface area contributed by atoms with E-state index >= 15 is 0 Å². The number of fused-ring (bicyclic) bond motifs is 1. The number of anilines is 1. The predicted octanol–water partition coefficient (Wildman–Crippen LogP) is 3.45. The Hall–Kier alpha value is -2.82. The number of nitrogens with zero attached hydrogens (tertiary/aromatic N) is 1. The summed E-state index contributed by atoms with van der Waals surface area (Å²) in [6.45, 7) is 2.70. The number of ether oxygens (including phenoxy) is 1. The summed E-state index contributed by atoms with van der Waals surface area (Å²) in [5.41, 5.74) is 2.94. The van der Waals surface area contributed by atoms with Gasteiger partial charge in [-0.3, -0.25) is 4.79 Å². The number of para-hydroxylation sites is 1. The molecule has 0 saturated heterocycles. The zero-order chi connectivity index (χ0) is 17.1. The van der Waals surface area contributed by atoms with Crippen LogP contribution in [0.2, 0.25) is 0 Å². The SMILES string of the molecule is CCCN1C(=O)c2ccccc2N[C@@H]1c1ccc(C(=O)OC)cc1. The Bertz CT molecular complexity index is 755. The first-order valence-corrected chi connectivity index (χ1v) is 8.00. The van der Waals surface area contributed by atoms with Gasteiger partial charge in [0.1, 0.15) is 6.17 Å². The van der Waals surface area contributed by atoms with E-state index in [2.05, 4.69) is 5.32 Å². The first kappa shape index (κ1) is 16.1. The normalized spacial score (nSPS) is 16.3. The van der Waals surface area contributed by atoms with Crippen LogP contribution in [0.25, 0.3) is 0 Å². The molecule has 3 rings (SSSR count). The summed E-state index contributed by atoms with van der Waals surface area (Å²) >= 11 is 0. The number of benzene rings is 2. The molecule has 24 heavy (non-hydrogen) atoms. The van der Waals surface area contributed by atoms with E-state index in [4.69, 9.17) is 4.74 Å². The molecule has 0 fully saturated rings. The standard InChI is InChI=1S/C19H20N2O3/c1-3-12-21-17(13-8-10-14(11-9-13)19(23)24-2)20-16-7-5-4-6-15(16)18(21)22/h4-11,17,20H,3,12H2,1-2H3/t17-/m0/s1. The average Bonchev–Trinajstić information content (AvgIpc) is 2.63. The molecule has 1 atom stereocenters. The highest BCUT2D eigenvalue weighted by Gasteiger charge is 2.32. The third-order valence-electron chi connectivity index (χ3n) is 4.13. The highest BCUT2D eigenvalue weighted by atomic mass is 16.5. The van der Waals surface area contributed by atoms with Crippen LogP contribution in [0.15, 0.2) is 48.5 Å². The molecule has 2 aromatic rings. The molecule has 1 aliphatic rings. The molecule has 0 aromatic heterocycles. The zero-order valence-electron chi connectivity index (χ0n) is 13.8. The van der Waals surface area contributed by atoms with E-state index < -0.39 is 0 Å². The van der Waals surface area contributed by atoms with Crippen LogP contribution in [-0.2, 0) is 4.74 Å². The highest BCUT2D eigenvalue weighted by Crippen LogP contribution is 2.33. The fraction of sp³-hybridized carbons (Fsp3) is 0.263. The van der Waals surface area contributed by atoms with Crippen LogP contribution < -0.4 is 5.32 Å². The Labute approximate surface area is 141 Å². The Morgan fingerprint density at radius 1 is 1.17 bits per heavy atom. The molecule has 5 heteroatoms. The number of rotatable bonds is 4. The molecular weight excluding hydrogens is 304 g/mol. The summed E-state index contributed by atoms with van der Waals surface area (Å²) < 4.78 is 4.73. The van der Waals surface area contributed by atoms with Gasteiger partial charge < -0.3 is 15.0 Å². The van der Waals surface area contributed by atoms with Gasteiger partial charge in [-0.05, 0) is 36.2 Å². The number of hydrogen-bond donors (Lipinski definition) is 1. The minimum Gasteiger partial charge on any atom is -0.465 e. The summed E-state index contributed by atoms with van der Waals surface area (Å²) in [5, 5.41) is 3.43. The van der Waals surface area contributed by atoms with Gasteiger partial charge >= 0.3 is 5.97 Å². The van der Waals surface area contributed by atoms with Crippen LogP contribution in [-0.4, -0.2) is 30.4 Å². The maximum atomic E-state index is 12.8. The van der Waals surface area contributed by atoms with E-state index in [1.807, 2.05) is 48.2 Å². The van der Waals surface area contributed by atoms with Crippen LogP contribution in [0.5, 0.6) is 0 Å². The molecule has 2 aromatic carbocycles. The van der Waals surface area contributed by atoms with Crippen molar-refractivity contribution in [1.82, 2.24) is 4.90 Å². The molecule has 1 heterocycles. The summed E-state index contributed by atoms with van der Waals surface area (Å²) in [6.07, 6.45) is 0.617. The molecule has 0 unspecified atom stereocenters. The minimum atomic E-state index is -0.370. The molecule has 0 aliphatic carbocycles. The summed E-state index contributed by atoms with van der Waals surface area (Å²) in [5.74, 6) is -0.349. The lowest BCUT2D eigenvalue weighted by molar-refractivity contribution is 0.0599. The molecule has 124 valence electrons. The quantitative estimate of drug-likeness (QED) is 0.875. The fourth-order valence-electron chi connectivity index (χ4n) is 2.95. The lowest BCUT2D eigenvalue weighted by Gasteiger charge is -2.38. The van der Waals surface area contributed by atoms with Crippen molar-refractivity contribution in [3.63, 3.8) is 0 Å². The van der Waals surface area contributed by atoms with Crippen molar-refractivity contribution in [2.75, 3.05) is 19.0 Å². The molecule has 0 bridgehead atoms. The molecule has 0 radical (unpaired) electrons. The molecule has 1 aliphatic heterocycles. The second-order valence-electron chi connectivity index (χ2n) is 5.70. The maximum Gasteiger partial charge on any atom is 0.337 e. The number of nitrogens with one attached hydrogen (secondary N) is 1. The average molecular weight is 324 g/mol. The smallest absolute Gasteiger partial charge is 0.337 e. The molecule has 1 amide bonds. The fourth-order valence-corrected chi connectivity index (χ4v) is 2.95. The summed E-state index contributed by atoms with van der Waals surface area (Å²) in [4.78, 5) is 26.2. The number of carbonyl (C=O) groups excluding carboxylic acids is 2. The maximum absolute atomic E-state index is 12.8. The second kappa shape index (κ2) is 6.74. The number of hydrogen-bond acceptors (Lipinski definition) is 4. The van der Waals surface area contributed by atoms with Crippen LogP contribution in [0, 0.1) is 0 Å². The van der Waals surface area contributed by atoms with E-state index in [0.29, 0.717) is 17.7 Å². The third-order valence-corrected chi connectivity index (χ3v) is 4.13. The van der Waals surface area contributed by atoms with Gasteiger partial charge in [-0.1, -0.05) is 31.2 Å². The van der Waals surface area contributed by atoms with Crippen molar-refractivity contribution in [2.24, 2.45) is 0 Å². The highest BCUT2D eigenvalue weighted by molar-refractivity contribution is 6.01. The Kier molecular flexibility index (Phi) is 4.51. The molecule has 1 N–H and O–H groups in total. The van der Waals surface area contributed by atoms with Gasteiger partial charge in [0.15, 0.2) is 0 Å². The Morgan fingerprint density at radius 2 is 1.88 bits per heavy atom. The van der Waals surface area contributed by atoms with Crippen LogP contribution in [0.3, 0.4) is 0 Å². The van der Waals surface area contributed by atoms with E-state index in [1.165, 1.54) is 7.11 Å². The van der Waals surface area contributed by atoms with Crippen molar-refractivity contribution < 1.29 is 14.3 Å². The first-order valence-electron chi connectivity index (χ1n) is 8.00. The van der Waals surface area contributed by atoms with Crippen molar-refractivity contribution in [3.05, 3.63) is 65.2 Å². The number of esters is 1. The molecule has 5 nitrogen and oxygen atoms in total. The van der Waals surface area contributed by atoms with Gasteiger partial charge in [-0.25, -0.2) is 4.79 Å². The van der Waals surface area contributed by atoms with E-state index in [1.54, 1.807) is 12.1 Å². The number of amides is 1. The van der Waals surface area contributed by atoms with E-state index in [0.717, 1.165) is 17.7 Å². The molecular formula is C19H20N2O3. The minimum absolute atomic E-state index is 0.0215. The summed E-state index contributed by atoms with van der Waals surface area (Å²) in [6, 6.07) is 14.7. The second-order valence-corrected chi connectivity index (χ2v) is 5.70. The largest absolute Gasteiger partial charge is 0.465 e. The molecule has 0 saturated carbocycles. The van der Waals surface area contributed by atoms with Crippen LogP contribution >= 0.6 is 0 Å². The zero-order valence-corrected chi connectivity index (χ0v) is 13.8. The van der Waals surface area contributed by atoms with Gasteiger partial charge in [0, 0.05) is 12.2 Å². The number of methoxy groups -OCH3 is 1. The van der Waals surface area contributed by atoms with Crippen molar-refractivity contribution in [1.29, 1.82) is 0 Å². The Morgan fingerprint density at radius 3 is 2.54 bits per heavy atom.